The SMILES string of the molecule is C/C(=C/C(C)=N/c1ccccc1)Nc1ccccc1. The van der Waals surface area contributed by atoms with Crippen LogP contribution in [0.3, 0.4) is 0 Å². The summed E-state index contributed by atoms with van der Waals surface area (Å²) >= 11 is 0. The predicted octanol–water partition coefficient (Wildman–Crippen LogP) is 4.79. The fourth-order valence-electron chi connectivity index (χ4n) is 1.84. The molecule has 0 aromatic heterocycles. The van der Waals surface area contributed by atoms with Crippen molar-refractivity contribution in [3.8, 4) is 0 Å². The van der Waals surface area contributed by atoms with Gasteiger partial charge in [0, 0.05) is 17.1 Å². The maximum atomic E-state index is 4.54. The van der Waals surface area contributed by atoms with Crippen molar-refractivity contribution in [1.29, 1.82) is 0 Å². The van der Waals surface area contributed by atoms with E-state index in [0.717, 1.165) is 22.8 Å². The van der Waals surface area contributed by atoms with E-state index in [4.69, 9.17) is 0 Å². The van der Waals surface area contributed by atoms with Crippen molar-refractivity contribution in [2.45, 2.75) is 13.8 Å². The molecule has 2 heteroatoms. The van der Waals surface area contributed by atoms with Crippen molar-refractivity contribution in [2.24, 2.45) is 4.99 Å². The first-order chi connectivity index (χ1) is 9.24. The van der Waals surface area contributed by atoms with Gasteiger partial charge in [-0.25, -0.2) is 0 Å². The summed E-state index contributed by atoms with van der Waals surface area (Å²) in [5, 5.41) is 3.34. The molecule has 19 heavy (non-hydrogen) atoms. The third-order valence-corrected chi connectivity index (χ3v) is 2.60. The van der Waals surface area contributed by atoms with Crippen molar-refractivity contribution in [3.63, 3.8) is 0 Å². The Morgan fingerprint density at radius 1 is 0.895 bits per heavy atom. The fraction of sp³-hybridized carbons (Fsp3) is 0.118. The molecule has 0 radical (unpaired) electrons. The highest BCUT2D eigenvalue weighted by Gasteiger charge is 1.93. The van der Waals surface area contributed by atoms with Crippen LogP contribution in [0.15, 0.2) is 77.4 Å². The Kier molecular flexibility index (Phi) is 4.51. The third-order valence-electron chi connectivity index (χ3n) is 2.60. The molecule has 0 atom stereocenters. The molecule has 0 heterocycles. The molecule has 0 fully saturated rings. The molecular weight excluding hydrogens is 232 g/mol. The van der Waals surface area contributed by atoms with Crippen molar-refractivity contribution in [3.05, 3.63) is 72.4 Å². The van der Waals surface area contributed by atoms with Crippen molar-refractivity contribution < 1.29 is 0 Å². The van der Waals surface area contributed by atoms with Gasteiger partial charge in [-0.15, -0.1) is 0 Å². The molecular formula is C17H18N2. The van der Waals surface area contributed by atoms with Crippen LogP contribution in [0.5, 0.6) is 0 Å². The molecule has 2 rings (SSSR count). The average Bonchev–Trinajstić information content (AvgIpc) is 2.40. The number of allylic oxidation sites excluding steroid dienone is 2. The standard InChI is InChI=1S/C17H18N2/c1-14(18-16-9-5-3-6-10-16)13-15(2)19-17-11-7-4-8-12-17/h3-13,18H,1-2H3/b14-13-,19-15+. The minimum atomic E-state index is 0.976. The van der Waals surface area contributed by atoms with E-state index >= 15 is 0 Å². The van der Waals surface area contributed by atoms with Crippen molar-refractivity contribution in [1.82, 2.24) is 0 Å². The summed E-state index contributed by atoms with van der Waals surface area (Å²) in [6, 6.07) is 20.1. The van der Waals surface area contributed by atoms with Crippen LogP contribution >= 0.6 is 0 Å². The van der Waals surface area contributed by atoms with Gasteiger partial charge in [0.15, 0.2) is 0 Å². The zero-order valence-corrected chi connectivity index (χ0v) is 11.3. The highest BCUT2D eigenvalue weighted by molar-refractivity contribution is 5.95. The van der Waals surface area contributed by atoms with Crippen LogP contribution in [0.25, 0.3) is 0 Å². The van der Waals surface area contributed by atoms with E-state index in [1.807, 2.05) is 80.6 Å². The van der Waals surface area contributed by atoms with Crippen LogP contribution in [0.2, 0.25) is 0 Å². The van der Waals surface area contributed by atoms with Gasteiger partial charge in [0.1, 0.15) is 0 Å². The maximum Gasteiger partial charge on any atom is 0.0632 e. The molecule has 0 unspecified atom stereocenters. The lowest BCUT2D eigenvalue weighted by Gasteiger charge is -2.06. The smallest absolute Gasteiger partial charge is 0.0632 e. The predicted molar refractivity (Wildman–Crippen MR) is 83.0 cm³/mol. The maximum absolute atomic E-state index is 4.54. The summed E-state index contributed by atoms with van der Waals surface area (Å²) in [7, 11) is 0. The first-order valence-corrected chi connectivity index (χ1v) is 6.35. The molecule has 0 aliphatic heterocycles. The largest absolute Gasteiger partial charge is 0.359 e. The lowest BCUT2D eigenvalue weighted by molar-refractivity contribution is 1.37. The number of benzene rings is 2. The monoisotopic (exact) mass is 250 g/mol. The Labute approximate surface area is 114 Å². The average molecular weight is 250 g/mol. The Morgan fingerprint density at radius 3 is 2.11 bits per heavy atom. The van der Waals surface area contributed by atoms with E-state index in [0.29, 0.717) is 0 Å². The van der Waals surface area contributed by atoms with Gasteiger partial charge < -0.3 is 5.32 Å². The normalized spacial score (nSPS) is 12.3. The summed E-state index contributed by atoms with van der Waals surface area (Å²) in [5.41, 5.74) is 4.11. The number of para-hydroxylation sites is 2. The molecule has 2 aromatic carbocycles. The number of nitrogens with zero attached hydrogens (tertiary/aromatic N) is 1. The van der Waals surface area contributed by atoms with Crippen LogP contribution in [0.4, 0.5) is 11.4 Å². The van der Waals surface area contributed by atoms with Crippen LogP contribution in [0.1, 0.15) is 13.8 Å². The highest BCUT2D eigenvalue weighted by atomic mass is 14.9. The second-order valence-corrected chi connectivity index (χ2v) is 4.41. The van der Waals surface area contributed by atoms with Gasteiger partial charge in [0.05, 0.1) is 5.69 Å². The van der Waals surface area contributed by atoms with E-state index < -0.39 is 0 Å². The lowest BCUT2D eigenvalue weighted by atomic mass is 10.2. The molecule has 2 nitrogen and oxygen atoms in total. The summed E-state index contributed by atoms with van der Waals surface area (Å²) in [5.74, 6) is 0. The van der Waals surface area contributed by atoms with Crippen molar-refractivity contribution >= 4 is 17.1 Å². The molecule has 0 aliphatic carbocycles. The molecule has 1 N–H and O–H groups in total. The molecule has 0 aliphatic rings. The first kappa shape index (κ1) is 13.1. The second-order valence-electron chi connectivity index (χ2n) is 4.41. The number of anilines is 1. The quantitative estimate of drug-likeness (QED) is 0.775. The summed E-state index contributed by atoms with van der Waals surface area (Å²) in [4.78, 5) is 4.54. The van der Waals surface area contributed by atoms with Gasteiger partial charge in [-0.3, -0.25) is 4.99 Å². The zero-order chi connectivity index (χ0) is 13.5. The fourth-order valence-corrected chi connectivity index (χ4v) is 1.84. The topological polar surface area (TPSA) is 24.4 Å². The third kappa shape index (κ3) is 4.43. The first-order valence-electron chi connectivity index (χ1n) is 6.35. The van der Waals surface area contributed by atoms with E-state index in [9.17, 15) is 0 Å². The Morgan fingerprint density at radius 2 is 1.47 bits per heavy atom. The molecule has 0 bridgehead atoms. The van der Waals surface area contributed by atoms with Crippen LogP contribution in [-0.2, 0) is 0 Å². The minimum absolute atomic E-state index is 0.976. The molecule has 2 aromatic rings. The van der Waals surface area contributed by atoms with Gasteiger partial charge in [-0.05, 0) is 44.2 Å². The van der Waals surface area contributed by atoms with E-state index in [-0.39, 0.29) is 0 Å². The molecule has 0 spiro atoms. The molecule has 0 saturated carbocycles. The van der Waals surface area contributed by atoms with Crippen LogP contribution < -0.4 is 5.32 Å². The minimum Gasteiger partial charge on any atom is -0.359 e. The molecule has 96 valence electrons. The van der Waals surface area contributed by atoms with E-state index in [1.54, 1.807) is 0 Å². The second kappa shape index (κ2) is 6.55. The molecule has 0 saturated heterocycles. The Hall–Kier alpha value is -2.35. The summed E-state index contributed by atoms with van der Waals surface area (Å²) < 4.78 is 0. The Bertz CT molecular complexity index is 569. The Balaban J connectivity index is 2.06. The van der Waals surface area contributed by atoms with Gasteiger partial charge in [0.2, 0.25) is 0 Å². The number of aliphatic imine (C=N–C) groups is 1. The van der Waals surface area contributed by atoms with Crippen LogP contribution in [-0.4, -0.2) is 5.71 Å². The highest BCUT2D eigenvalue weighted by Crippen LogP contribution is 2.12. The van der Waals surface area contributed by atoms with Gasteiger partial charge in [-0.1, -0.05) is 36.4 Å². The van der Waals surface area contributed by atoms with Gasteiger partial charge in [-0.2, -0.15) is 0 Å². The van der Waals surface area contributed by atoms with Crippen LogP contribution in [0, 0.1) is 0 Å². The van der Waals surface area contributed by atoms with E-state index in [1.165, 1.54) is 0 Å². The van der Waals surface area contributed by atoms with E-state index in [2.05, 4.69) is 10.3 Å². The van der Waals surface area contributed by atoms with Crippen molar-refractivity contribution in [2.75, 3.05) is 5.32 Å². The van der Waals surface area contributed by atoms with Gasteiger partial charge >= 0.3 is 0 Å². The number of hydrogen-bond acceptors (Lipinski definition) is 2. The number of nitrogens with one attached hydrogen (secondary N) is 1. The number of rotatable bonds is 4. The summed E-state index contributed by atoms with van der Waals surface area (Å²) in [6.45, 7) is 4.04. The van der Waals surface area contributed by atoms with Gasteiger partial charge in [0.25, 0.3) is 0 Å². The summed E-state index contributed by atoms with van der Waals surface area (Å²) in [6.07, 6.45) is 2.04. The number of hydrogen-bond donors (Lipinski definition) is 1. The molecule has 0 amide bonds. The zero-order valence-electron chi connectivity index (χ0n) is 11.3. The lowest BCUT2D eigenvalue weighted by Crippen LogP contribution is -1.98.